The van der Waals surface area contributed by atoms with E-state index in [1.54, 1.807) is 37.0 Å². The summed E-state index contributed by atoms with van der Waals surface area (Å²) < 4.78 is 27.2. The number of hydrogen-bond donors (Lipinski definition) is 1. The first-order valence-corrected chi connectivity index (χ1v) is 18.3. The van der Waals surface area contributed by atoms with Crippen LogP contribution in [0.2, 0.25) is 0 Å². The Balaban J connectivity index is 1.13. The average molecular weight is 730 g/mol. The van der Waals surface area contributed by atoms with E-state index >= 15 is 0 Å². The Hall–Kier alpha value is -5.11. The molecule has 3 amide bonds. The van der Waals surface area contributed by atoms with Crippen molar-refractivity contribution < 1.29 is 28.2 Å². The first-order chi connectivity index (χ1) is 24.8. The first kappa shape index (κ1) is 36.7. The molecule has 14 heteroatoms. The fraction of sp³-hybridized carbons (Fsp3) is 0.421. The molecule has 0 fully saturated rings. The van der Waals surface area contributed by atoms with Gasteiger partial charge in [0.2, 0.25) is 5.91 Å². The highest BCUT2D eigenvalue weighted by Gasteiger charge is 2.35. The van der Waals surface area contributed by atoms with Crippen molar-refractivity contribution >= 4 is 45.1 Å². The van der Waals surface area contributed by atoms with Crippen LogP contribution in [-0.2, 0) is 16.0 Å². The number of thiophene rings is 1. The number of rotatable bonds is 11. The standard InChI is InChI=1S/C38H44FN7O5S/c1-7-46(23(2)3)36(48)30-15-27(39)12-13-31(30)50-35-34(40-22-41-43-35)45-19-25-17-44(18-26(25)20-45)33(47)16-28(42-37(49)51-38(4,5)6)14-24-21-52-32-11-9-8-10-29(24)32/h8-13,15,21-23,28H,7,14,16-20H2,1-6H3,(H,42,49)/t28-/m1/s1. The average Bonchev–Trinajstić information content (AvgIpc) is 3.79. The molecule has 0 saturated heterocycles. The van der Waals surface area contributed by atoms with Gasteiger partial charge in [0.15, 0.2) is 5.82 Å². The lowest BCUT2D eigenvalue weighted by molar-refractivity contribution is -0.130. The van der Waals surface area contributed by atoms with Crippen LogP contribution >= 0.6 is 11.3 Å². The molecule has 0 saturated carbocycles. The van der Waals surface area contributed by atoms with E-state index in [1.165, 1.54) is 24.5 Å². The Labute approximate surface area is 306 Å². The maximum absolute atomic E-state index is 14.4. The van der Waals surface area contributed by atoms with Gasteiger partial charge in [0, 0.05) is 55.9 Å². The third-order valence-corrected chi connectivity index (χ3v) is 10.0. The van der Waals surface area contributed by atoms with E-state index in [0.29, 0.717) is 45.0 Å². The summed E-state index contributed by atoms with van der Waals surface area (Å²) in [5, 5.41) is 14.3. The first-order valence-electron chi connectivity index (χ1n) is 17.4. The molecule has 12 nitrogen and oxygen atoms in total. The summed E-state index contributed by atoms with van der Waals surface area (Å²) in [7, 11) is 0. The number of halogens is 1. The van der Waals surface area contributed by atoms with Crippen LogP contribution in [0, 0.1) is 5.82 Å². The van der Waals surface area contributed by atoms with Gasteiger partial charge in [-0.1, -0.05) is 18.2 Å². The highest BCUT2D eigenvalue weighted by atomic mass is 32.1. The van der Waals surface area contributed by atoms with Crippen LogP contribution in [0.1, 0.15) is 63.9 Å². The lowest BCUT2D eigenvalue weighted by atomic mass is 10.0. The van der Waals surface area contributed by atoms with Gasteiger partial charge in [-0.2, -0.15) is 0 Å². The lowest BCUT2D eigenvalue weighted by Gasteiger charge is -2.27. The summed E-state index contributed by atoms with van der Waals surface area (Å²) in [6.07, 6.45) is 1.37. The van der Waals surface area contributed by atoms with Crippen molar-refractivity contribution in [3.05, 3.63) is 82.3 Å². The highest BCUT2D eigenvalue weighted by molar-refractivity contribution is 7.17. The molecule has 4 aromatic rings. The molecule has 0 spiro atoms. The number of nitrogens with zero attached hydrogens (tertiary/aromatic N) is 6. The van der Waals surface area contributed by atoms with Crippen molar-refractivity contribution in [2.45, 2.75) is 72.1 Å². The number of carbonyl (C=O) groups excluding carboxylic acids is 3. The van der Waals surface area contributed by atoms with E-state index in [1.807, 2.05) is 42.7 Å². The number of ether oxygens (including phenoxy) is 2. The summed E-state index contributed by atoms with van der Waals surface area (Å²) in [6.45, 7) is 13.4. The van der Waals surface area contributed by atoms with Crippen LogP contribution < -0.4 is 15.0 Å². The fourth-order valence-corrected chi connectivity index (χ4v) is 7.63. The zero-order chi connectivity index (χ0) is 37.2. The predicted molar refractivity (Wildman–Crippen MR) is 197 cm³/mol. The highest BCUT2D eigenvalue weighted by Crippen LogP contribution is 2.36. The number of hydrogen-bond acceptors (Lipinski definition) is 10. The lowest BCUT2D eigenvalue weighted by Crippen LogP contribution is -2.44. The van der Waals surface area contributed by atoms with Crippen LogP contribution in [0.3, 0.4) is 0 Å². The maximum Gasteiger partial charge on any atom is 0.407 e. The topological polar surface area (TPSA) is 130 Å². The smallest absolute Gasteiger partial charge is 0.407 e. The Morgan fingerprint density at radius 2 is 1.79 bits per heavy atom. The zero-order valence-corrected chi connectivity index (χ0v) is 31.1. The van der Waals surface area contributed by atoms with Gasteiger partial charge in [0.1, 0.15) is 23.5 Å². The number of anilines is 1. The van der Waals surface area contributed by atoms with E-state index < -0.39 is 23.6 Å². The summed E-state index contributed by atoms with van der Waals surface area (Å²) >= 11 is 1.64. The molecule has 0 radical (unpaired) electrons. The SMILES string of the molecule is CCN(C(=O)c1cc(F)ccc1Oc1nncnc1N1CC2=C(CN(C(=O)C[C@@H](Cc3csc4ccccc34)NC(=O)OC(C)(C)C)C2)C1)C(C)C. The van der Waals surface area contributed by atoms with Crippen LogP contribution in [0.4, 0.5) is 15.0 Å². The molecule has 1 N–H and O–H groups in total. The van der Waals surface area contributed by atoms with E-state index in [9.17, 15) is 18.8 Å². The molecule has 1 atom stereocenters. The third kappa shape index (κ3) is 8.33. The molecule has 2 aliphatic heterocycles. The van der Waals surface area contributed by atoms with Gasteiger partial charge in [0.05, 0.1) is 5.56 Å². The zero-order valence-electron chi connectivity index (χ0n) is 30.3. The van der Waals surface area contributed by atoms with Gasteiger partial charge in [-0.25, -0.2) is 14.2 Å². The van der Waals surface area contributed by atoms with E-state index in [4.69, 9.17) is 9.47 Å². The Kier molecular flexibility index (Phi) is 10.7. The van der Waals surface area contributed by atoms with Crippen LogP contribution in [0.15, 0.2) is 65.3 Å². The minimum absolute atomic E-state index is 0.0645. The molecule has 0 bridgehead atoms. The second kappa shape index (κ2) is 15.2. The molecule has 274 valence electrons. The maximum atomic E-state index is 14.4. The van der Waals surface area contributed by atoms with Crippen LogP contribution in [0.5, 0.6) is 11.6 Å². The molecule has 2 aromatic carbocycles. The van der Waals surface area contributed by atoms with Gasteiger partial charge < -0.3 is 29.5 Å². The predicted octanol–water partition coefficient (Wildman–Crippen LogP) is 6.37. The Morgan fingerprint density at radius 1 is 1.06 bits per heavy atom. The van der Waals surface area contributed by atoms with Crippen LogP contribution in [-0.4, -0.2) is 93.3 Å². The van der Waals surface area contributed by atoms with Crippen LogP contribution in [0.25, 0.3) is 10.1 Å². The number of amides is 3. The quantitative estimate of drug-likeness (QED) is 0.175. The van der Waals surface area contributed by atoms with Crippen molar-refractivity contribution in [2.24, 2.45) is 0 Å². The number of benzene rings is 2. The monoisotopic (exact) mass is 729 g/mol. The molecule has 2 aliphatic rings. The van der Waals surface area contributed by atoms with Crippen molar-refractivity contribution in [3.63, 3.8) is 0 Å². The molecule has 52 heavy (non-hydrogen) atoms. The second-order valence-electron chi connectivity index (χ2n) is 14.3. The third-order valence-electron chi connectivity index (χ3n) is 9.02. The molecule has 0 unspecified atom stereocenters. The van der Waals surface area contributed by atoms with E-state index in [0.717, 1.165) is 26.8 Å². The fourth-order valence-electron chi connectivity index (χ4n) is 6.65. The van der Waals surface area contributed by atoms with Crippen molar-refractivity contribution in [1.29, 1.82) is 0 Å². The number of aromatic nitrogens is 3. The van der Waals surface area contributed by atoms with Crippen molar-refractivity contribution in [3.8, 4) is 11.6 Å². The molecular formula is C38H44FN7O5S. The summed E-state index contributed by atoms with van der Waals surface area (Å²) in [4.78, 5) is 49.9. The summed E-state index contributed by atoms with van der Waals surface area (Å²) in [5.41, 5.74) is 2.66. The molecule has 2 aromatic heterocycles. The molecule has 4 heterocycles. The number of fused-ring (bicyclic) bond motifs is 1. The van der Waals surface area contributed by atoms with Gasteiger partial charge in [-0.15, -0.1) is 21.5 Å². The van der Waals surface area contributed by atoms with E-state index in [2.05, 4.69) is 38.0 Å². The number of nitrogens with one attached hydrogen (secondary N) is 1. The van der Waals surface area contributed by atoms with Gasteiger partial charge >= 0.3 is 6.09 Å². The minimum atomic E-state index is -0.674. The molecule has 0 aliphatic carbocycles. The number of alkyl carbamates (subject to hydrolysis) is 1. The molecule has 6 rings (SSSR count). The largest absolute Gasteiger partial charge is 0.444 e. The summed E-state index contributed by atoms with van der Waals surface area (Å²) in [6, 6.07) is 11.4. The van der Waals surface area contributed by atoms with E-state index in [-0.39, 0.29) is 41.5 Å². The van der Waals surface area contributed by atoms with Gasteiger partial charge in [-0.05, 0) is 99.7 Å². The normalized spacial score (nSPS) is 14.9. The second-order valence-corrected chi connectivity index (χ2v) is 15.2. The Morgan fingerprint density at radius 3 is 2.48 bits per heavy atom. The van der Waals surface area contributed by atoms with Crippen molar-refractivity contribution in [2.75, 3.05) is 37.6 Å². The van der Waals surface area contributed by atoms with Gasteiger partial charge in [-0.3, -0.25) is 9.59 Å². The molecular weight excluding hydrogens is 686 g/mol. The number of carbonyl (C=O) groups is 3. The van der Waals surface area contributed by atoms with Gasteiger partial charge in [0.25, 0.3) is 11.8 Å². The van der Waals surface area contributed by atoms with Crippen molar-refractivity contribution in [1.82, 2.24) is 30.3 Å². The summed E-state index contributed by atoms with van der Waals surface area (Å²) in [5.74, 6) is -0.322. The Bertz CT molecular complexity index is 1990. The minimum Gasteiger partial charge on any atom is -0.444 e.